The zero-order valence-electron chi connectivity index (χ0n) is 16.6. The van der Waals surface area contributed by atoms with Crippen molar-refractivity contribution in [2.45, 2.75) is 11.8 Å². The Kier molecular flexibility index (Phi) is 6.46. The molecule has 0 bridgehead atoms. The molecule has 0 unspecified atom stereocenters. The highest BCUT2D eigenvalue weighted by Gasteiger charge is 2.23. The molecule has 31 heavy (non-hydrogen) atoms. The van der Waals surface area contributed by atoms with Gasteiger partial charge in [-0.2, -0.15) is 5.10 Å². The van der Waals surface area contributed by atoms with Crippen LogP contribution in [0.4, 0.5) is 17.1 Å². The number of nitro benzene ring substituents is 1. The van der Waals surface area contributed by atoms with Crippen LogP contribution in [0.3, 0.4) is 0 Å². The predicted octanol–water partition coefficient (Wildman–Crippen LogP) is 3.64. The Morgan fingerprint density at radius 1 is 1.10 bits per heavy atom. The summed E-state index contributed by atoms with van der Waals surface area (Å²) < 4.78 is 33.5. The molecule has 0 saturated carbocycles. The fraction of sp³-hybridized carbons (Fsp3) is 0.100. The van der Waals surface area contributed by atoms with E-state index in [1.165, 1.54) is 31.4 Å². The topological polar surface area (TPSA) is 136 Å². The fourth-order valence-corrected chi connectivity index (χ4v) is 3.85. The van der Waals surface area contributed by atoms with Crippen molar-refractivity contribution >= 4 is 32.8 Å². The summed E-state index contributed by atoms with van der Waals surface area (Å²) in [7, 11) is -2.67. The van der Waals surface area contributed by atoms with Crippen molar-refractivity contribution < 1.29 is 18.1 Å². The molecule has 1 heterocycles. The fourth-order valence-electron chi connectivity index (χ4n) is 2.61. The molecule has 10 nitrogen and oxygen atoms in total. The molecule has 1 aromatic heterocycles. The molecule has 2 aromatic carbocycles. The molecular weight excluding hydrogens is 422 g/mol. The second-order valence-corrected chi connectivity index (χ2v) is 7.97. The first kappa shape index (κ1) is 21.7. The van der Waals surface area contributed by atoms with Gasteiger partial charge in [0, 0.05) is 35.8 Å². The SMILES string of the molecule is COc1ccc(NS(=O)(=O)c2cc([N+](=O)[O-])ccc2N/N=C(\C)c2ccncc2)cc1. The molecular formula is C20H19N5O5S. The summed E-state index contributed by atoms with van der Waals surface area (Å²) in [5, 5.41) is 15.4. The van der Waals surface area contributed by atoms with E-state index in [0.29, 0.717) is 11.5 Å². The first-order valence-electron chi connectivity index (χ1n) is 8.96. The van der Waals surface area contributed by atoms with Crippen LogP contribution in [0.1, 0.15) is 12.5 Å². The summed E-state index contributed by atoms with van der Waals surface area (Å²) in [5.74, 6) is 0.557. The summed E-state index contributed by atoms with van der Waals surface area (Å²) in [6, 6.07) is 13.2. The summed E-state index contributed by atoms with van der Waals surface area (Å²) in [5.41, 5.74) is 4.04. The number of aromatic nitrogens is 1. The van der Waals surface area contributed by atoms with E-state index < -0.39 is 14.9 Å². The van der Waals surface area contributed by atoms with Crippen LogP contribution < -0.4 is 14.9 Å². The van der Waals surface area contributed by atoms with Gasteiger partial charge in [0.1, 0.15) is 10.6 Å². The number of nitrogens with one attached hydrogen (secondary N) is 2. The Morgan fingerprint density at radius 3 is 2.39 bits per heavy atom. The van der Waals surface area contributed by atoms with Gasteiger partial charge in [0.15, 0.2) is 0 Å². The third-order valence-electron chi connectivity index (χ3n) is 4.25. The highest BCUT2D eigenvalue weighted by molar-refractivity contribution is 7.92. The van der Waals surface area contributed by atoms with Gasteiger partial charge >= 0.3 is 0 Å². The van der Waals surface area contributed by atoms with E-state index in [1.54, 1.807) is 43.6 Å². The minimum Gasteiger partial charge on any atom is -0.497 e. The molecule has 0 radical (unpaired) electrons. The van der Waals surface area contributed by atoms with E-state index >= 15 is 0 Å². The maximum Gasteiger partial charge on any atom is 0.270 e. The van der Waals surface area contributed by atoms with Crippen LogP contribution in [-0.2, 0) is 10.0 Å². The number of rotatable bonds is 8. The van der Waals surface area contributed by atoms with Crippen molar-refractivity contribution in [2.24, 2.45) is 5.10 Å². The molecule has 0 spiro atoms. The van der Waals surface area contributed by atoms with Gasteiger partial charge in [0.05, 0.1) is 23.4 Å². The molecule has 0 aliphatic carbocycles. The number of non-ortho nitro benzene ring substituents is 1. The average molecular weight is 441 g/mol. The van der Waals surface area contributed by atoms with Crippen LogP contribution in [0.15, 0.2) is 77.0 Å². The van der Waals surface area contributed by atoms with E-state index in [0.717, 1.165) is 11.6 Å². The van der Waals surface area contributed by atoms with Gasteiger partial charge in [-0.1, -0.05) is 0 Å². The van der Waals surface area contributed by atoms with E-state index in [-0.39, 0.29) is 22.0 Å². The number of pyridine rings is 1. The Hall–Kier alpha value is -3.99. The minimum atomic E-state index is -4.17. The van der Waals surface area contributed by atoms with E-state index in [9.17, 15) is 18.5 Å². The van der Waals surface area contributed by atoms with E-state index in [4.69, 9.17) is 4.74 Å². The third kappa shape index (κ3) is 5.34. The van der Waals surface area contributed by atoms with Crippen LogP contribution in [0, 0.1) is 10.1 Å². The normalized spacial score (nSPS) is 11.6. The molecule has 3 rings (SSSR count). The maximum absolute atomic E-state index is 13.0. The second kappa shape index (κ2) is 9.22. The lowest BCUT2D eigenvalue weighted by atomic mass is 10.2. The maximum atomic E-state index is 13.0. The Bertz CT molecular complexity index is 1210. The molecule has 11 heteroatoms. The van der Waals surface area contributed by atoms with Crippen molar-refractivity contribution in [3.05, 3.63) is 82.7 Å². The first-order chi connectivity index (χ1) is 14.8. The molecule has 0 amide bonds. The Balaban J connectivity index is 1.96. The number of nitro groups is 1. The predicted molar refractivity (Wildman–Crippen MR) is 117 cm³/mol. The van der Waals surface area contributed by atoms with E-state index in [1.807, 2.05) is 0 Å². The summed E-state index contributed by atoms with van der Waals surface area (Å²) in [6.45, 7) is 1.73. The number of sulfonamides is 1. The largest absolute Gasteiger partial charge is 0.497 e. The molecule has 0 aliphatic rings. The number of hydrazone groups is 1. The monoisotopic (exact) mass is 441 g/mol. The Morgan fingerprint density at radius 2 is 1.77 bits per heavy atom. The van der Waals surface area contributed by atoms with Crippen molar-refractivity contribution in [3.8, 4) is 5.75 Å². The molecule has 0 fully saturated rings. The molecule has 0 atom stereocenters. The van der Waals surface area contributed by atoms with Gasteiger partial charge in [-0.25, -0.2) is 8.42 Å². The van der Waals surface area contributed by atoms with Gasteiger partial charge in [0.2, 0.25) is 0 Å². The van der Waals surface area contributed by atoms with E-state index in [2.05, 4.69) is 20.2 Å². The van der Waals surface area contributed by atoms with Gasteiger partial charge < -0.3 is 4.74 Å². The summed E-state index contributed by atoms with van der Waals surface area (Å²) >= 11 is 0. The molecule has 2 N–H and O–H groups in total. The number of ether oxygens (including phenoxy) is 1. The standard InChI is InChI=1S/C20H19N5O5S/c1-14(15-9-11-21-12-10-15)22-23-19-8-5-17(25(26)27)13-20(19)31(28,29)24-16-3-6-18(30-2)7-4-16/h3-13,23-24H,1-2H3/b22-14+. The smallest absolute Gasteiger partial charge is 0.270 e. The van der Waals surface area contributed by atoms with Crippen molar-refractivity contribution in [2.75, 3.05) is 17.3 Å². The number of hydrogen-bond acceptors (Lipinski definition) is 8. The van der Waals surface area contributed by atoms with Gasteiger partial charge in [0.25, 0.3) is 15.7 Å². The molecule has 0 aliphatic heterocycles. The summed E-state index contributed by atoms with van der Waals surface area (Å²) in [6.07, 6.45) is 3.21. The van der Waals surface area contributed by atoms with Crippen molar-refractivity contribution in [1.82, 2.24) is 4.98 Å². The molecule has 3 aromatic rings. The second-order valence-electron chi connectivity index (χ2n) is 6.32. The lowest BCUT2D eigenvalue weighted by Crippen LogP contribution is -2.15. The number of benzene rings is 2. The third-order valence-corrected chi connectivity index (χ3v) is 5.67. The number of anilines is 2. The van der Waals surface area contributed by atoms with Crippen LogP contribution in [0.5, 0.6) is 5.75 Å². The van der Waals surface area contributed by atoms with Crippen LogP contribution in [-0.4, -0.2) is 31.1 Å². The quantitative estimate of drug-likeness (QED) is 0.309. The zero-order valence-corrected chi connectivity index (χ0v) is 17.5. The van der Waals surface area contributed by atoms with Gasteiger partial charge in [-0.3, -0.25) is 25.2 Å². The lowest BCUT2D eigenvalue weighted by Gasteiger charge is -2.13. The lowest BCUT2D eigenvalue weighted by molar-refractivity contribution is -0.385. The van der Waals surface area contributed by atoms with Gasteiger partial charge in [-0.15, -0.1) is 0 Å². The van der Waals surface area contributed by atoms with Crippen molar-refractivity contribution in [3.63, 3.8) is 0 Å². The highest BCUT2D eigenvalue weighted by atomic mass is 32.2. The number of methoxy groups -OCH3 is 1. The van der Waals surface area contributed by atoms with Crippen LogP contribution in [0.25, 0.3) is 0 Å². The highest BCUT2D eigenvalue weighted by Crippen LogP contribution is 2.29. The number of nitrogens with zero attached hydrogens (tertiary/aromatic N) is 3. The van der Waals surface area contributed by atoms with Gasteiger partial charge in [-0.05, 0) is 49.4 Å². The van der Waals surface area contributed by atoms with Crippen LogP contribution in [0.2, 0.25) is 0 Å². The molecule has 0 saturated heterocycles. The van der Waals surface area contributed by atoms with Crippen molar-refractivity contribution in [1.29, 1.82) is 0 Å². The zero-order chi connectivity index (χ0) is 22.4. The number of hydrogen-bond donors (Lipinski definition) is 2. The summed E-state index contributed by atoms with van der Waals surface area (Å²) in [4.78, 5) is 14.1. The molecule has 160 valence electrons. The van der Waals surface area contributed by atoms with Crippen LogP contribution >= 0.6 is 0 Å². The minimum absolute atomic E-state index is 0.0833. The first-order valence-corrected chi connectivity index (χ1v) is 10.4. The average Bonchev–Trinajstić information content (AvgIpc) is 2.78. The Labute approximate surface area is 178 Å².